The van der Waals surface area contributed by atoms with Crippen LogP contribution in [0.5, 0.6) is 0 Å². The van der Waals surface area contributed by atoms with Crippen molar-refractivity contribution in [2.75, 3.05) is 0 Å². The van der Waals surface area contributed by atoms with Crippen LogP contribution in [0.15, 0.2) is 16.2 Å². The van der Waals surface area contributed by atoms with Gasteiger partial charge in [-0.1, -0.05) is 0 Å². The molecule has 0 spiro atoms. The smallest absolute Gasteiger partial charge is 0.858 e. The standard InChI is InChI=1S/C4H5NO4S.Na/c1-3-2-4(6)5-10(7,8)9-3;/h2H,1H3,(H,5,6);/q;+1/p-1. The van der Waals surface area contributed by atoms with Gasteiger partial charge in [0.2, 0.25) is 0 Å². The van der Waals surface area contributed by atoms with Crippen LogP contribution in [0.1, 0.15) is 6.92 Å². The second-order valence-corrected chi connectivity index (χ2v) is 2.90. The molecular formula is C4H4NNaO4S. The summed E-state index contributed by atoms with van der Waals surface area (Å²) in [4.78, 5) is 0. The minimum Gasteiger partial charge on any atom is -0.858 e. The first kappa shape index (κ1) is 11.0. The summed E-state index contributed by atoms with van der Waals surface area (Å²) < 4.78 is 27.7. The monoisotopic (exact) mass is 185 g/mol. The van der Waals surface area contributed by atoms with Crippen molar-refractivity contribution in [3.8, 4) is 0 Å². The maximum atomic E-state index is 10.4. The summed E-state index contributed by atoms with van der Waals surface area (Å²) in [6, 6.07) is 0. The van der Waals surface area contributed by atoms with Crippen molar-refractivity contribution in [2.45, 2.75) is 6.92 Å². The summed E-state index contributed by atoms with van der Waals surface area (Å²) in [6.45, 7) is 1.37. The topological polar surface area (TPSA) is 78.8 Å². The van der Waals surface area contributed by atoms with Gasteiger partial charge in [-0.3, -0.25) is 0 Å². The fraction of sp³-hybridized carbons (Fsp3) is 0.250. The van der Waals surface area contributed by atoms with Crippen molar-refractivity contribution in [3.63, 3.8) is 0 Å². The molecule has 0 radical (unpaired) electrons. The number of nitrogens with zero attached hydrogens (tertiary/aromatic N) is 1. The molecule has 1 heterocycles. The first-order valence-corrected chi connectivity index (χ1v) is 3.76. The zero-order valence-corrected chi connectivity index (χ0v) is 8.88. The molecule has 0 amide bonds. The van der Waals surface area contributed by atoms with Crippen LogP contribution in [-0.2, 0) is 14.5 Å². The molecule has 1 aliphatic rings. The van der Waals surface area contributed by atoms with E-state index in [9.17, 15) is 13.5 Å². The summed E-state index contributed by atoms with van der Waals surface area (Å²) in [6.07, 6.45) is 1.00. The molecule has 5 nitrogen and oxygen atoms in total. The first-order valence-electron chi connectivity index (χ1n) is 2.39. The summed E-state index contributed by atoms with van der Waals surface area (Å²) in [5, 5.41) is 10.4. The van der Waals surface area contributed by atoms with Crippen LogP contribution in [0.3, 0.4) is 0 Å². The van der Waals surface area contributed by atoms with Crippen LogP contribution in [-0.4, -0.2) is 14.3 Å². The third kappa shape index (κ3) is 3.24. The number of hydrogen-bond acceptors (Lipinski definition) is 4. The van der Waals surface area contributed by atoms with Crippen LogP contribution in [0.25, 0.3) is 0 Å². The van der Waals surface area contributed by atoms with E-state index in [-0.39, 0.29) is 35.3 Å². The average Bonchev–Trinajstić information content (AvgIpc) is 1.54. The summed E-state index contributed by atoms with van der Waals surface area (Å²) in [5.41, 5.74) is 0. The van der Waals surface area contributed by atoms with Gasteiger partial charge in [0.05, 0.1) is 0 Å². The molecule has 0 bridgehead atoms. The Bertz CT molecular complexity index is 304. The van der Waals surface area contributed by atoms with Crippen LogP contribution in [0.4, 0.5) is 0 Å². The molecule has 1 rings (SSSR count). The van der Waals surface area contributed by atoms with Gasteiger partial charge in [0.25, 0.3) is 0 Å². The van der Waals surface area contributed by atoms with E-state index in [4.69, 9.17) is 0 Å². The van der Waals surface area contributed by atoms with Crippen LogP contribution < -0.4 is 34.7 Å². The van der Waals surface area contributed by atoms with Gasteiger partial charge in [-0.15, -0.1) is 4.40 Å². The van der Waals surface area contributed by atoms with Gasteiger partial charge < -0.3 is 9.29 Å². The van der Waals surface area contributed by atoms with E-state index in [0.717, 1.165) is 6.08 Å². The summed E-state index contributed by atoms with van der Waals surface area (Å²) in [5.74, 6) is -0.760. The fourth-order valence-electron chi connectivity index (χ4n) is 0.519. The normalized spacial score (nSPS) is 20.5. The minimum atomic E-state index is -3.97. The molecule has 0 N–H and O–H groups in total. The van der Waals surface area contributed by atoms with Gasteiger partial charge in [-0.2, -0.15) is 8.42 Å². The van der Waals surface area contributed by atoms with Crippen LogP contribution >= 0.6 is 0 Å². The number of hydrogen-bond donors (Lipinski definition) is 0. The van der Waals surface area contributed by atoms with E-state index in [0.29, 0.717) is 0 Å². The van der Waals surface area contributed by atoms with Crippen molar-refractivity contribution in [1.29, 1.82) is 0 Å². The van der Waals surface area contributed by atoms with Crippen LogP contribution in [0, 0.1) is 0 Å². The molecule has 0 saturated carbocycles. The minimum absolute atomic E-state index is 0. The Labute approximate surface area is 86.3 Å². The Hall–Kier alpha value is -0.0400. The van der Waals surface area contributed by atoms with Crippen LogP contribution in [0.2, 0.25) is 0 Å². The third-order valence-corrected chi connectivity index (χ3v) is 1.64. The first-order chi connectivity index (χ1) is 4.49. The molecule has 0 fully saturated rings. The molecule has 0 aromatic rings. The molecule has 56 valence electrons. The van der Waals surface area contributed by atoms with Gasteiger partial charge in [0, 0.05) is 5.90 Å². The summed E-state index contributed by atoms with van der Waals surface area (Å²) in [7, 11) is -3.97. The Morgan fingerprint density at radius 1 is 1.64 bits per heavy atom. The Morgan fingerprint density at radius 2 is 2.18 bits per heavy atom. The second kappa shape index (κ2) is 3.57. The molecule has 0 unspecified atom stereocenters. The predicted molar refractivity (Wildman–Crippen MR) is 31.2 cm³/mol. The molecule has 11 heavy (non-hydrogen) atoms. The van der Waals surface area contributed by atoms with Gasteiger partial charge >= 0.3 is 39.9 Å². The fourth-order valence-corrected chi connectivity index (χ4v) is 1.21. The predicted octanol–water partition coefficient (Wildman–Crippen LogP) is -4.07. The van der Waals surface area contributed by atoms with Gasteiger partial charge in [0.15, 0.2) is 0 Å². The maximum Gasteiger partial charge on any atom is 1.00 e. The number of rotatable bonds is 0. The molecule has 0 aliphatic carbocycles. The molecule has 0 saturated heterocycles. The van der Waals surface area contributed by atoms with E-state index in [2.05, 4.69) is 8.58 Å². The van der Waals surface area contributed by atoms with Gasteiger partial charge in [-0.25, -0.2) is 0 Å². The largest absolute Gasteiger partial charge is 1.00 e. The van der Waals surface area contributed by atoms with Crippen molar-refractivity contribution in [2.24, 2.45) is 4.40 Å². The van der Waals surface area contributed by atoms with Gasteiger partial charge in [0.1, 0.15) is 5.76 Å². The Morgan fingerprint density at radius 3 is 2.55 bits per heavy atom. The SMILES string of the molecule is CC1=CC([O-])=NS(=O)(=O)O1.[Na+]. The molecule has 0 aromatic carbocycles. The third-order valence-electron chi connectivity index (χ3n) is 0.765. The average molecular weight is 185 g/mol. The second-order valence-electron chi connectivity index (χ2n) is 1.70. The Balaban J connectivity index is 0.000001000. The zero-order chi connectivity index (χ0) is 7.78. The van der Waals surface area contributed by atoms with Gasteiger partial charge in [-0.05, 0) is 13.0 Å². The quantitative estimate of drug-likeness (QED) is 0.359. The maximum absolute atomic E-state index is 10.4. The van der Waals surface area contributed by atoms with E-state index >= 15 is 0 Å². The number of allylic oxidation sites excluding steroid dienone is 1. The van der Waals surface area contributed by atoms with Crippen molar-refractivity contribution >= 4 is 16.2 Å². The molecule has 1 aliphatic heterocycles. The zero-order valence-electron chi connectivity index (χ0n) is 6.07. The van der Waals surface area contributed by atoms with Crippen molar-refractivity contribution < 1.29 is 47.3 Å². The molecule has 0 atom stereocenters. The summed E-state index contributed by atoms with van der Waals surface area (Å²) >= 11 is 0. The van der Waals surface area contributed by atoms with Crippen molar-refractivity contribution in [1.82, 2.24) is 0 Å². The van der Waals surface area contributed by atoms with E-state index in [1.807, 2.05) is 0 Å². The molecular weight excluding hydrogens is 181 g/mol. The van der Waals surface area contributed by atoms with E-state index in [1.54, 1.807) is 0 Å². The molecule has 0 aromatic heterocycles. The van der Waals surface area contributed by atoms with Crippen molar-refractivity contribution in [3.05, 3.63) is 11.8 Å². The molecule has 7 heteroatoms. The van der Waals surface area contributed by atoms with E-state index < -0.39 is 16.2 Å². The Kier molecular flexibility index (Phi) is 3.56. The van der Waals surface area contributed by atoms with E-state index in [1.165, 1.54) is 6.92 Å².